The van der Waals surface area contributed by atoms with Gasteiger partial charge >= 0.3 is 0 Å². The maximum atomic E-state index is 10.9. The number of ether oxygens (including phenoxy) is 2. The molecule has 0 saturated carbocycles. The standard InChI is InChI=1S/C13H19NO9S2/c15-24(16,17)14-12-9-21-11(8-23-25(18,19)20)6-13(12)22-7-10-4-2-1-3-5-10/h1-5,11-14H,6-9H2,(H,15,16,17)(H,18,19,20)/p-2/t11?,12?,13-/m1/s1. The summed E-state index contributed by atoms with van der Waals surface area (Å²) < 4.78 is 81.3. The fourth-order valence-electron chi connectivity index (χ4n) is 2.37. The molecular weight excluding hydrogens is 378 g/mol. The molecule has 0 radical (unpaired) electrons. The third-order valence-corrected chi connectivity index (χ3v) is 4.47. The van der Waals surface area contributed by atoms with Crippen molar-refractivity contribution in [2.45, 2.75) is 31.3 Å². The highest BCUT2D eigenvalue weighted by molar-refractivity contribution is 7.83. The van der Waals surface area contributed by atoms with Crippen molar-refractivity contribution in [2.75, 3.05) is 13.2 Å². The van der Waals surface area contributed by atoms with Crippen LogP contribution in [-0.2, 0) is 41.0 Å². The van der Waals surface area contributed by atoms with Gasteiger partial charge in [-0.05, 0) is 5.56 Å². The van der Waals surface area contributed by atoms with Gasteiger partial charge in [-0.2, -0.15) is 0 Å². The maximum Gasteiger partial charge on any atom is 0.217 e. The Morgan fingerprint density at radius 3 is 2.44 bits per heavy atom. The summed E-state index contributed by atoms with van der Waals surface area (Å²) in [6.07, 6.45) is -1.52. The van der Waals surface area contributed by atoms with Gasteiger partial charge < -0.3 is 18.6 Å². The maximum absolute atomic E-state index is 10.9. The Kier molecular flexibility index (Phi) is 6.87. The van der Waals surface area contributed by atoms with E-state index in [-0.39, 0.29) is 19.6 Å². The molecule has 1 saturated heterocycles. The van der Waals surface area contributed by atoms with E-state index in [1.54, 1.807) is 24.3 Å². The minimum atomic E-state index is -4.87. The van der Waals surface area contributed by atoms with Crippen molar-refractivity contribution in [2.24, 2.45) is 0 Å². The van der Waals surface area contributed by atoms with Crippen molar-refractivity contribution in [3.63, 3.8) is 0 Å². The third-order valence-electron chi connectivity index (χ3n) is 3.46. The predicted octanol–water partition coefficient (Wildman–Crippen LogP) is -0.744. The quantitative estimate of drug-likeness (QED) is 0.442. The van der Waals surface area contributed by atoms with Crippen LogP contribution in [0.2, 0.25) is 0 Å². The number of rotatable bonds is 8. The van der Waals surface area contributed by atoms with Crippen molar-refractivity contribution in [1.29, 1.82) is 0 Å². The second-order valence-electron chi connectivity index (χ2n) is 5.40. The van der Waals surface area contributed by atoms with Crippen LogP contribution in [0.15, 0.2) is 30.3 Å². The van der Waals surface area contributed by atoms with Gasteiger partial charge in [0.15, 0.2) is 10.3 Å². The minimum absolute atomic E-state index is 0.0372. The summed E-state index contributed by atoms with van der Waals surface area (Å²) in [6, 6.07) is 8.09. The van der Waals surface area contributed by atoms with Crippen LogP contribution in [-0.4, -0.2) is 57.4 Å². The van der Waals surface area contributed by atoms with E-state index in [1.165, 1.54) is 0 Å². The first-order valence-electron chi connectivity index (χ1n) is 7.23. The molecule has 2 unspecified atom stereocenters. The van der Waals surface area contributed by atoms with Gasteiger partial charge in [0.05, 0.1) is 38.1 Å². The van der Waals surface area contributed by atoms with Crippen LogP contribution in [0, 0.1) is 0 Å². The molecule has 0 bridgehead atoms. The van der Waals surface area contributed by atoms with E-state index in [4.69, 9.17) is 9.47 Å². The molecule has 0 amide bonds. The molecule has 25 heavy (non-hydrogen) atoms. The molecule has 10 nitrogen and oxygen atoms in total. The van der Waals surface area contributed by atoms with Crippen LogP contribution in [0.3, 0.4) is 0 Å². The minimum Gasteiger partial charge on any atom is -0.735 e. The highest BCUT2D eigenvalue weighted by atomic mass is 32.3. The Labute approximate surface area is 145 Å². The van der Waals surface area contributed by atoms with Gasteiger partial charge in [-0.15, -0.1) is 0 Å². The smallest absolute Gasteiger partial charge is 0.217 e. The molecule has 0 aliphatic carbocycles. The lowest BCUT2D eigenvalue weighted by Gasteiger charge is -2.36. The van der Waals surface area contributed by atoms with Crippen molar-refractivity contribution in [1.82, 2.24) is 4.72 Å². The van der Waals surface area contributed by atoms with Crippen LogP contribution in [0.5, 0.6) is 0 Å². The average molecular weight is 395 g/mol. The van der Waals surface area contributed by atoms with Crippen LogP contribution in [0.4, 0.5) is 0 Å². The van der Waals surface area contributed by atoms with Gasteiger partial charge in [-0.3, -0.25) is 4.18 Å². The molecule has 1 fully saturated rings. The second-order valence-corrected chi connectivity index (χ2v) is 7.59. The zero-order chi connectivity index (χ0) is 18.5. The first-order chi connectivity index (χ1) is 11.6. The van der Waals surface area contributed by atoms with Crippen molar-refractivity contribution in [3.05, 3.63) is 35.9 Å². The predicted molar refractivity (Wildman–Crippen MR) is 81.6 cm³/mol. The molecule has 142 valence electrons. The zero-order valence-electron chi connectivity index (χ0n) is 12.9. The zero-order valence-corrected chi connectivity index (χ0v) is 14.6. The number of hydrogen-bond acceptors (Lipinski definition) is 9. The van der Waals surface area contributed by atoms with Gasteiger partial charge in [-0.25, -0.2) is 21.6 Å². The summed E-state index contributed by atoms with van der Waals surface area (Å²) in [5.41, 5.74) is 0.827. The van der Waals surface area contributed by atoms with Crippen LogP contribution in [0.25, 0.3) is 0 Å². The molecule has 0 spiro atoms. The Bertz CT molecular complexity index is 751. The van der Waals surface area contributed by atoms with Gasteiger partial charge in [-0.1, -0.05) is 30.3 Å². The highest BCUT2D eigenvalue weighted by Crippen LogP contribution is 2.20. The van der Waals surface area contributed by atoms with Gasteiger partial charge in [0, 0.05) is 6.42 Å². The molecule has 1 heterocycles. The van der Waals surface area contributed by atoms with Crippen molar-refractivity contribution in [3.8, 4) is 0 Å². The summed E-state index contributed by atoms with van der Waals surface area (Å²) in [5.74, 6) is 0. The molecule has 3 atom stereocenters. The lowest BCUT2D eigenvalue weighted by Crippen LogP contribution is -2.53. The molecule has 0 aromatic heterocycles. The summed E-state index contributed by atoms with van der Waals surface area (Å²) >= 11 is 0. The number of benzene rings is 1. The number of nitrogens with one attached hydrogen (secondary N) is 1. The fourth-order valence-corrected chi connectivity index (χ4v) is 3.28. The Morgan fingerprint density at radius 2 is 1.84 bits per heavy atom. The van der Waals surface area contributed by atoms with E-state index in [1.807, 2.05) is 10.8 Å². The van der Waals surface area contributed by atoms with Gasteiger partial charge in [0.25, 0.3) is 0 Å². The largest absolute Gasteiger partial charge is 0.735 e. The van der Waals surface area contributed by atoms with E-state index < -0.39 is 45.6 Å². The summed E-state index contributed by atoms with van der Waals surface area (Å²) in [6.45, 7) is -0.599. The van der Waals surface area contributed by atoms with E-state index in [9.17, 15) is 25.9 Å². The SMILES string of the molecule is O=S(=O)([O-])NC1COC(COS(=O)(=O)[O-])C[C@H]1OCc1ccccc1. The molecule has 1 aromatic rings. The topological polar surface area (TPSA) is 154 Å². The third kappa shape index (κ3) is 7.75. The normalized spacial score (nSPS) is 25.0. The van der Waals surface area contributed by atoms with E-state index >= 15 is 0 Å². The lowest BCUT2D eigenvalue weighted by atomic mass is 10.0. The first-order valence-corrected chi connectivity index (χ1v) is 9.97. The van der Waals surface area contributed by atoms with Crippen molar-refractivity contribution >= 4 is 20.7 Å². The second kappa shape index (κ2) is 8.51. The molecule has 2 rings (SSSR count). The molecule has 1 aliphatic rings. The van der Waals surface area contributed by atoms with Gasteiger partial charge in [0.2, 0.25) is 10.4 Å². The summed E-state index contributed by atoms with van der Waals surface area (Å²) in [5, 5.41) is 0. The molecular formula is C13H17NO9S2-2. The summed E-state index contributed by atoms with van der Waals surface area (Å²) in [7, 11) is -9.60. The average Bonchev–Trinajstić information content (AvgIpc) is 2.51. The molecule has 1 aliphatic heterocycles. The number of hydrogen-bond donors (Lipinski definition) is 1. The van der Waals surface area contributed by atoms with Crippen molar-refractivity contribution < 1.29 is 39.6 Å². The van der Waals surface area contributed by atoms with Crippen LogP contribution < -0.4 is 4.72 Å². The summed E-state index contributed by atoms with van der Waals surface area (Å²) in [4.78, 5) is 0. The van der Waals surface area contributed by atoms with Crippen LogP contribution in [0.1, 0.15) is 12.0 Å². The van der Waals surface area contributed by atoms with E-state index in [0.29, 0.717) is 0 Å². The molecule has 1 N–H and O–H groups in total. The van der Waals surface area contributed by atoms with E-state index in [0.717, 1.165) is 5.56 Å². The van der Waals surface area contributed by atoms with Gasteiger partial charge in [0.1, 0.15) is 0 Å². The monoisotopic (exact) mass is 395 g/mol. The Hall–Kier alpha value is -1.12. The molecule has 1 aromatic carbocycles. The van der Waals surface area contributed by atoms with E-state index in [2.05, 4.69) is 4.18 Å². The lowest BCUT2D eigenvalue weighted by molar-refractivity contribution is -0.104. The van der Waals surface area contributed by atoms with Crippen LogP contribution >= 0.6 is 0 Å². The highest BCUT2D eigenvalue weighted by Gasteiger charge is 2.33. The molecule has 12 heteroatoms. The fraction of sp³-hybridized carbons (Fsp3) is 0.538. The Morgan fingerprint density at radius 1 is 1.16 bits per heavy atom. The first kappa shape index (κ1) is 20.2. The Balaban J connectivity index is 2.00.